The topological polar surface area (TPSA) is 102 Å². The number of pyridine rings is 1. The molecule has 1 unspecified atom stereocenters. The molecule has 2 aliphatic heterocycles. The van der Waals surface area contributed by atoms with E-state index in [-0.39, 0.29) is 6.04 Å². The molecule has 0 spiro atoms. The van der Waals surface area contributed by atoms with Gasteiger partial charge in [-0.05, 0) is 18.2 Å². The van der Waals surface area contributed by atoms with Gasteiger partial charge in [0, 0.05) is 75.5 Å². The zero-order valence-electron chi connectivity index (χ0n) is 19.3. The van der Waals surface area contributed by atoms with Gasteiger partial charge in [0.1, 0.15) is 17.2 Å². The van der Waals surface area contributed by atoms with Crippen LogP contribution >= 0.6 is 0 Å². The van der Waals surface area contributed by atoms with Gasteiger partial charge < -0.3 is 9.88 Å². The van der Waals surface area contributed by atoms with Gasteiger partial charge in [0.25, 0.3) is 0 Å². The molecule has 1 atom stereocenters. The van der Waals surface area contributed by atoms with E-state index in [1.165, 1.54) is 16.7 Å². The van der Waals surface area contributed by atoms with E-state index in [1.54, 1.807) is 12.5 Å². The average molecular weight is 499 g/mol. The molecule has 0 saturated carbocycles. The number of hydrazine groups is 1. The van der Waals surface area contributed by atoms with E-state index in [0.717, 1.165) is 63.0 Å². The predicted octanol–water partition coefficient (Wildman–Crippen LogP) is 1.95. The Kier molecular flexibility index (Phi) is 5.82. The number of piperazine rings is 1. The number of rotatable bonds is 5. The van der Waals surface area contributed by atoms with Crippen LogP contribution in [0.5, 0.6) is 0 Å². The molecule has 188 valence electrons. The molecule has 4 aromatic heterocycles. The second-order valence-corrected chi connectivity index (χ2v) is 9.11. The maximum Gasteiger partial charge on any atom is 0.417 e. The Balaban J connectivity index is 1.28. The molecule has 6 rings (SSSR count). The Hall–Kier alpha value is -3.55. The third-order valence-corrected chi connectivity index (χ3v) is 6.89. The van der Waals surface area contributed by atoms with Gasteiger partial charge in [-0.1, -0.05) is 0 Å². The van der Waals surface area contributed by atoms with Gasteiger partial charge in [-0.15, -0.1) is 0 Å². The van der Waals surface area contributed by atoms with Crippen molar-refractivity contribution in [2.75, 3.05) is 37.6 Å². The van der Waals surface area contributed by atoms with E-state index in [4.69, 9.17) is 4.98 Å². The minimum absolute atomic E-state index is 0.271. The van der Waals surface area contributed by atoms with Crippen LogP contribution in [0.2, 0.25) is 0 Å². The van der Waals surface area contributed by atoms with Crippen molar-refractivity contribution in [2.45, 2.75) is 18.8 Å². The van der Waals surface area contributed by atoms with Crippen LogP contribution in [0.4, 0.5) is 19.0 Å². The second-order valence-electron chi connectivity index (χ2n) is 9.11. The molecule has 10 nitrogen and oxygen atoms in total. The number of H-pyrrole nitrogens is 1. The van der Waals surface area contributed by atoms with Crippen LogP contribution in [-0.2, 0) is 12.7 Å². The van der Waals surface area contributed by atoms with Gasteiger partial charge in [-0.3, -0.25) is 20.2 Å². The molecule has 13 heteroatoms. The second kappa shape index (κ2) is 9.15. The summed E-state index contributed by atoms with van der Waals surface area (Å²) in [6.45, 7) is 4.90. The van der Waals surface area contributed by atoms with Crippen LogP contribution in [0.3, 0.4) is 0 Å². The van der Waals surface area contributed by atoms with E-state index in [1.807, 2.05) is 12.3 Å². The molecule has 0 aromatic carbocycles. The van der Waals surface area contributed by atoms with Gasteiger partial charge in [0.05, 0.1) is 18.1 Å². The van der Waals surface area contributed by atoms with Gasteiger partial charge in [-0.25, -0.2) is 19.9 Å². The third kappa shape index (κ3) is 4.40. The lowest BCUT2D eigenvalue weighted by Crippen LogP contribution is -2.56. The summed E-state index contributed by atoms with van der Waals surface area (Å²) < 4.78 is 41.3. The van der Waals surface area contributed by atoms with Gasteiger partial charge in [0.15, 0.2) is 5.82 Å². The molecule has 36 heavy (non-hydrogen) atoms. The number of anilines is 1. The monoisotopic (exact) mass is 498 g/mol. The van der Waals surface area contributed by atoms with Crippen molar-refractivity contribution in [2.24, 2.45) is 5.92 Å². The van der Waals surface area contributed by atoms with E-state index < -0.39 is 11.7 Å². The Morgan fingerprint density at radius 3 is 2.67 bits per heavy atom. The van der Waals surface area contributed by atoms with E-state index in [9.17, 15) is 13.2 Å². The number of hydrogen-bond donors (Lipinski definition) is 3. The number of halogens is 3. The van der Waals surface area contributed by atoms with Crippen LogP contribution in [0.15, 0.2) is 49.3 Å². The molecule has 4 aromatic rings. The van der Waals surface area contributed by atoms with Crippen LogP contribution in [0, 0.1) is 5.92 Å². The fourth-order valence-corrected chi connectivity index (χ4v) is 5.00. The molecule has 0 amide bonds. The van der Waals surface area contributed by atoms with Crippen molar-refractivity contribution >= 4 is 11.5 Å². The maximum absolute atomic E-state index is 13.3. The molecule has 2 fully saturated rings. The number of fused-ring (bicyclic) bond motifs is 1. The van der Waals surface area contributed by atoms with Gasteiger partial charge in [0.2, 0.25) is 0 Å². The molecule has 2 aliphatic rings. The van der Waals surface area contributed by atoms with E-state index in [0.29, 0.717) is 23.1 Å². The number of aromatic amines is 1. The van der Waals surface area contributed by atoms with Crippen molar-refractivity contribution in [3.8, 4) is 11.5 Å². The molecule has 2 saturated heterocycles. The minimum Gasteiger partial charge on any atom is -0.354 e. The highest BCUT2D eigenvalue weighted by Gasteiger charge is 2.35. The van der Waals surface area contributed by atoms with Gasteiger partial charge in [-0.2, -0.15) is 13.2 Å². The largest absolute Gasteiger partial charge is 0.417 e. The van der Waals surface area contributed by atoms with Crippen molar-refractivity contribution in [3.63, 3.8) is 0 Å². The number of nitrogens with one attached hydrogen (secondary N) is 3. The lowest BCUT2D eigenvalue weighted by Gasteiger charge is -2.44. The summed E-state index contributed by atoms with van der Waals surface area (Å²) in [5.41, 5.74) is 7.60. The lowest BCUT2D eigenvalue weighted by molar-refractivity contribution is -0.137. The molecule has 0 bridgehead atoms. The Labute approximate surface area is 204 Å². The van der Waals surface area contributed by atoms with Crippen molar-refractivity contribution in [3.05, 3.63) is 60.6 Å². The zero-order chi connectivity index (χ0) is 24.7. The van der Waals surface area contributed by atoms with Crippen LogP contribution < -0.4 is 15.8 Å². The number of hydrogen-bond acceptors (Lipinski definition) is 8. The number of alkyl halides is 3. The minimum atomic E-state index is -4.45. The van der Waals surface area contributed by atoms with Crippen molar-refractivity contribution in [1.29, 1.82) is 0 Å². The lowest BCUT2D eigenvalue weighted by atomic mass is 9.96. The highest BCUT2D eigenvalue weighted by molar-refractivity contribution is 5.59. The molecule has 3 N–H and O–H groups in total. The first kappa shape index (κ1) is 22.9. The van der Waals surface area contributed by atoms with Crippen LogP contribution in [0.25, 0.3) is 17.2 Å². The fraction of sp³-hybridized carbons (Fsp3) is 0.391. The van der Waals surface area contributed by atoms with Gasteiger partial charge >= 0.3 is 6.18 Å². The normalized spacial score (nSPS) is 20.0. The predicted molar refractivity (Wildman–Crippen MR) is 126 cm³/mol. The standard InChI is InChI=1S/C23H25F3N10/c24-23(25,26)16-1-2-20-29-10-18(36(20)11-16)22-28-4-3-21(33-22)35-6-5-34(12-17-9-27-14-30-17)19(13-35)15-7-31-32-8-15/h1-4,9-11,14-15,19,31-32H,5-8,12-13H2,(H,27,30). The molecule has 0 aliphatic carbocycles. The maximum atomic E-state index is 13.3. The van der Waals surface area contributed by atoms with Crippen LogP contribution in [-0.4, -0.2) is 73.0 Å². The summed E-state index contributed by atoms with van der Waals surface area (Å²) in [6, 6.07) is 4.50. The average Bonchev–Trinajstić information content (AvgIpc) is 3.65. The quantitative estimate of drug-likeness (QED) is 0.384. The summed E-state index contributed by atoms with van der Waals surface area (Å²) in [7, 11) is 0. The molecular formula is C23H25F3N10. The SMILES string of the molecule is FC(F)(F)c1ccc2ncc(-c3nccc(N4CCN(Cc5cnc[nH]5)C(C5CNNC5)C4)n3)n2c1. The first-order chi connectivity index (χ1) is 17.5. The molecule has 6 heterocycles. The summed E-state index contributed by atoms with van der Waals surface area (Å²) in [5, 5.41) is 0. The smallest absolute Gasteiger partial charge is 0.354 e. The number of aromatic nitrogens is 6. The highest BCUT2D eigenvalue weighted by Crippen LogP contribution is 2.31. The fourth-order valence-electron chi connectivity index (χ4n) is 5.00. The summed E-state index contributed by atoms with van der Waals surface area (Å²) in [6.07, 6.45) is 3.29. The Bertz CT molecular complexity index is 1330. The van der Waals surface area contributed by atoms with E-state index >= 15 is 0 Å². The third-order valence-electron chi connectivity index (χ3n) is 6.89. The van der Waals surface area contributed by atoms with Crippen molar-refractivity contribution < 1.29 is 13.2 Å². The molecule has 0 radical (unpaired) electrons. The highest BCUT2D eigenvalue weighted by atomic mass is 19.4. The van der Waals surface area contributed by atoms with E-state index in [2.05, 4.69) is 40.6 Å². The summed E-state index contributed by atoms with van der Waals surface area (Å²) in [4.78, 5) is 25.4. The first-order valence-electron chi connectivity index (χ1n) is 11.8. The van der Waals surface area contributed by atoms with Crippen molar-refractivity contribution in [1.82, 2.24) is 45.1 Å². The van der Waals surface area contributed by atoms with Crippen LogP contribution in [0.1, 0.15) is 11.3 Å². The summed E-state index contributed by atoms with van der Waals surface area (Å²) in [5.74, 6) is 1.49. The first-order valence-corrected chi connectivity index (χ1v) is 11.8. The molecular weight excluding hydrogens is 473 g/mol. The number of imidazole rings is 2. The Morgan fingerprint density at radius 2 is 1.89 bits per heavy atom. The number of nitrogens with zero attached hydrogens (tertiary/aromatic N) is 7. The Morgan fingerprint density at radius 1 is 1.03 bits per heavy atom. The summed E-state index contributed by atoms with van der Waals surface area (Å²) >= 11 is 0. The zero-order valence-corrected chi connectivity index (χ0v) is 19.3.